The van der Waals surface area contributed by atoms with E-state index in [1.54, 1.807) is 37.4 Å². The first-order valence-electron chi connectivity index (χ1n) is 5.93. The van der Waals surface area contributed by atoms with Gasteiger partial charge in [0.15, 0.2) is 0 Å². The van der Waals surface area contributed by atoms with Gasteiger partial charge in [0.1, 0.15) is 0 Å². The van der Waals surface area contributed by atoms with E-state index in [0.717, 1.165) is 10.4 Å². The summed E-state index contributed by atoms with van der Waals surface area (Å²) in [5, 5.41) is 0. The summed E-state index contributed by atoms with van der Waals surface area (Å²) in [7, 11) is -1.97. The van der Waals surface area contributed by atoms with Gasteiger partial charge in [-0.2, -0.15) is 4.31 Å². The molecular weight excluding hydrogens is 316 g/mol. The molecule has 0 unspecified atom stereocenters. The van der Waals surface area contributed by atoms with E-state index in [2.05, 4.69) is 0 Å². The van der Waals surface area contributed by atoms with Crippen LogP contribution in [0.4, 0.5) is 0 Å². The van der Waals surface area contributed by atoms with Crippen molar-refractivity contribution in [3.8, 4) is 0 Å². The summed E-state index contributed by atoms with van der Waals surface area (Å²) in [4.78, 5) is 1.15. The zero-order chi connectivity index (χ0) is 14.8. The van der Waals surface area contributed by atoms with Crippen molar-refractivity contribution in [3.63, 3.8) is 0 Å². The fourth-order valence-electron chi connectivity index (χ4n) is 1.75. The Balaban J connectivity index is 2.24. The van der Waals surface area contributed by atoms with E-state index in [9.17, 15) is 8.42 Å². The Bertz CT molecular complexity index is 698. The quantitative estimate of drug-likeness (QED) is 0.916. The number of thiophene rings is 1. The van der Waals surface area contributed by atoms with Gasteiger partial charge in [0.2, 0.25) is 10.0 Å². The van der Waals surface area contributed by atoms with Gasteiger partial charge in [0.25, 0.3) is 0 Å². The lowest BCUT2D eigenvalue weighted by Gasteiger charge is -2.16. The Morgan fingerprint density at radius 1 is 1.30 bits per heavy atom. The highest BCUT2D eigenvalue weighted by atomic mass is 35.5. The molecule has 0 amide bonds. The molecule has 0 fully saturated rings. The predicted molar refractivity (Wildman–Crippen MR) is 82.3 cm³/mol. The van der Waals surface area contributed by atoms with Gasteiger partial charge < -0.3 is 5.73 Å². The lowest BCUT2D eigenvalue weighted by atomic mass is 10.2. The molecule has 0 atom stereocenters. The van der Waals surface area contributed by atoms with E-state index in [1.807, 2.05) is 6.07 Å². The van der Waals surface area contributed by atoms with Crippen LogP contribution in [0.5, 0.6) is 0 Å². The fraction of sp³-hybridized carbons (Fsp3) is 0.231. The second-order valence-electron chi connectivity index (χ2n) is 4.32. The lowest BCUT2D eigenvalue weighted by molar-refractivity contribution is 0.469. The van der Waals surface area contributed by atoms with Crippen LogP contribution >= 0.6 is 22.9 Å². The predicted octanol–water partition coefficient (Wildman–Crippen LogP) is 2.68. The van der Waals surface area contributed by atoms with E-state index in [1.165, 1.54) is 15.6 Å². The van der Waals surface area contributed by atoms with Crippen molar-refractivity contribution in [2.24, 2.45) is 5.73 Å². The smallest absolute Gasteiger partial charge is 0.243 e. The van der Waals surface area contributed by atoms with Crippen molar-refractivity contribution in [1.29, 1.82) is 0 Å². The maximum Gasteiger partial charge on any atom is 0.243 e. The van der Waals surface area contributed by atoms with Gasteiger partial charge in [-0.05, 0) is 29.8 Å². The van der Waals surface area contributed by atoms with Crippen molar-refractivity contribution in [1.82, 2.24) is 4.31 Å². The molecule has 0 saturated carbocycles. The summed E-state index contributed by atoms with van der Waals surface area (Å²) in [5.41, 5.74) is 6.33. The van der Waals surface area contributed by atoms with Crippen LogP contribution in [0.2, 0.25) is 4.34 Å². The molecule has 0 bridgehead atoms. The van der Waals surface area contributed by atoms with Crippen LogP contribution in [-0.4, -0.2) is 19.8 Å². The van der Waals surface area contributed by atoms with Gasteiger partial charge in [-0.1, -0.05) is 23.7 Å². The first kappa shape index (κ1) is 15.5. The van der Waals surface area contributed by atoms with E-state index >= 15 is 0 Å². The van der Waals surface area contributed by atoms with Crippen LogP contribution in [0.3, 0.4) is 0 Å². The third kappa shape index (κ3) is 3.39. The third-order valence-corrected chi connectivity index (χ3v) is 5.86. The molecule has 1 aromatic heterocycles. The van der Waals surface area contributed by atoms with Crippen molar-refractivity contribution in [3.05, 3.63) is 51.2 Å². The summed E-state index contributed by atoms with van der Waals surface area (Å²) in [6.07, 6.45) is 0. The van der Waals surface area contributed by atoms with Crippen LogP contribution in [0.25, 0.3) is 0 Å². The average Bonchev–Trinajstić information content (AvgIpc) is 2.84. The van der Waals surface area contributed by atoms with Gasteiger partial charge in [0, 0.05) is 25.0 Å². The number of nitrogens with two attached hydrogens (primary N) is 1. The number of hydrogen-bond donors (Lipinski definition) is 1. The Kier molecular flexibility index (Phi) is 4.82. The highest BCUT2D eigenvalue weighted by molar-refractivity contribution is 7.89. The van der Waals surface area contributed by atoms with Crippen LogP contribution < -0.4 is 5.73 Å². The molecule has 2 rings (SSSR count). The second kappa shape index (κ2) is 6.24. The third-order valence-electron chi connectivity index (χ3n) is 2.85. The largest absolute Gasteiger partial charge is 0.326 e. The van der Waals surface area contributed by atoms with Crippen LogP contribution in [-0.2, 0) is 23.1 Å². The Labute approximate surface area is 127 Å². The summed E-state index contributed by atoms with van der Waals surface area (Å²) in [5.74, 6) is 0. The van der Waals surface area contributed by atoms with Crippen molar-refractivity contribution in [2.75, 3.05) is 7.05 Å². The topological polar surface area (TPSA) is 63.4 Å². The minimum Gasteiger partial charge on any atom is -0.326 e. The molecule has 0 spiro atoms. The lowest BCUT2D eigenvalue weighted by Crippen LogP contribution is -2.26. The molecule has 1 heterocycles. The monoisotopic (exact) mass is 330 g/mol. The molecule has 0 radical (unpaired) electrons. The summed E-state index contributed by atoms with van der Waals surface area (Å²) in [6.45, 7) is 0.611. The maximum atomic E-state index is 12.5. The van der Waals surface area contributed by atoms with Crippen LogP contribution in [0, 0.1) is 0 Å². The molecule has 4 nitrogen and oxygen atoms in total. The zero-order valence-corrected chi connectivity index (χ0v) is 13.3. The molecule has 0 aliphatic carbocycles. The highest BCUT2D eigenvalue weighted by Gasteiger charge is 2.21. The van der Waals surface area contributed by atoms with E-state index in [4.69, 9.17) is 17.3 Å². The first-order valence-corrected chi connectivity index (χ1v) is 8.56. The molecule has 2 aromatic rings. The molecule has 1 aromatic carbocycles. The SMILES string of the molecule is CN(Cc1ccc(Cl)s1)S(=O)(=O)c1cccc(CN)c1. The number of sulfonamides is 1. The zero-order valence-electron chi connectivity index (χ0n) is 10.9. The molecule has 0 saturated heterocycles. The summed E-state index contributed by atoms with van der Waals surface area (Å²) >= 11 is 7.23. The van der Waals surface area contributed by atoms with Gasteiger partial charge in [-0.15, -0.1) is 11.3 Å². The van der Waals surface area contributed by atoms with Crippen molar-refractivity contribution in [2.45, 2.75) is 18.0 Å². The van der Waals surface area contributed by atoms with Crippen molar-refractivity contribution >= 4 is 33.0 Å². The number of hydrogen-bond acceptors (Lipinski definition) is 4. The van der Waals surface area contributed by atoms with Crippen LogP contribution in [0.1, 0.15) is 10.4 Å². The van der Waals surface area contributed by atoms with Gasteiger partial charge in [-0.25, -0.2) is 8.42 Å². The Morgan fingerprint density at radius 3 is 2.65 bits per heavy atom. The van der Waals surface area contributed by atoms with E-state index in [-0.39, 0.29) is 4.90 Å². The highest BCUT2D eigenvalue weighted by Crippen LogP contribution is 2.24. The van der Waals surface area contributed by atoms with Gasteiger partial charge >= 0.3 is 0 Å². The standard InChI is InChI=1S/C13H15ClN2O2S2/c1-16(9-11-5-6-13(14)19-11)20(17,18)12-4-2-3-10(7-12)8-15/h2-7H,8-9,15H2,1H3. The molecule has 7 heteroatoms. The fourth-order valence-corrected chi connectivity index (χ4v) is 4.20. The normalized spacial score (nSPS) is 12.0. The summed E-state index contributed by atoms with van der Waals surface area (Å²) < 4.78 is 26.9. The molecule has 0 aliphatic heterocycles. The molecule has 2 N–H and O–H groups in total. The van der Waals surface area contributed by atoms with E-state index in [0.29, 0.717) is 17.4 Å². The molecular formula is C13H15ClN2O2S2. The van der Waals surface area contributed by atoms with Gasteiger partial charge in [0.05, 0.1) is 9.23 Å². The number of nitrogens with zero attached hydrogens (tertiary/aromatic N) is 1. The second-order valence-corrected chi connectivity index (χ2v) is 8.16. The molecule has 0 aliphatic rings. The van der Waals surface area contributed by atoms with Crippen LogP contribution in [0.15, 0.2) is 41.3 Å². The first-order chi connectivity index (χ1) is 9.43. The summed E-state index contributed by atoms with van der Waals surface area (Å²) in [6, 6.07) is 10.3. The average molecular weight is 331 g/mol. The number of benzene rings is 1. The minimum atomic E-state index is -3.52. The Hall–Kier alpha value is -0.920. The maximum absolute atomic E-state index is 12.5. The minimum absolute atomic E-state index is 0.255. The molecule has 108 valence electrons. The number of halogens is 1. The number of rotatable bonds is 5. The Morgan fingerprint density at radius 2 is 2.05 bits per heavy atom. The van der Waals surface area contributed by atoms with Gasteiger partial charge in [-0.3, -0.25) is 0 Å². The van der Waals surface area contributed by atoms with E-state index < -0.39 is 10.0 Å². The molecule has 20 heavy (non-hydrogen) atoms. The van der Waals surface area contributed by atoms with Crippen molar-refractivity contribution < 1.29 is 8.42 Å².